The lowest BCUT2D eigenvalue weighted by Crippen LogP contribution is -2.15. The molecule has 0 spiro atoms. The molecule has 0 atom stereocenters. The Balaban J connectivity index is 1.55. The number of carbonyl (C=O) groups is 1. The van der Waals surface area contributed by atoms with Crippen molar-refractivity contribution in [2.75, 3.05) is 13.2 Å². The molecule has 0 saturated heterocycles. The van der Waals surface area contributed by atoms with E-state index in [1.54, 1.807) is 41.4 Å². The fourth-order valence-electron chi connectivity index (χ4n) is 3.41. The van der Waals surface area contributed by atoms with Crippen molar-refractivity contribution >= 4 is 11.9 Å². The van der Waals surface area contributed by atoms with Crippen LogP contribution in [-0.2, 0) is 0 Å². The quantitative estimate of drug-likeness (QED) is 0.356. The Kier molecular flexibility index (Phi) is 5.02. The van der Waals surface area contributed by atoms with Crippen LogP contribution in [0.4, 0.5) is 0 Å². The second kappa shape index (κ2) is 8.28. The van der Waals surface area contributed by atoms with E-state index in [1.807, 2.05) is 54.7 Å². The summed E-state index contributed by atoms with van der Waals surface area (Å²) in [6.07, 6.45) is 8.44. The molecule has 0 saturated carbocycles. The molecule has 0 radical (unpaired) electrons. The first-order valence-corrected chi connectivity index (χ1v) is 9.95. The number of rotatable bonds is 5. The third kappa shape index (κ3) is 3.96. The standard InChI is InChI=1S/C25H19N3O3/c29-22(19-5-4-12-26-16-19)10-8-20-17-28(21-6-2-1-3-7-21)27-25(20)18-9-11-23-24(15-18)31-14-13-30-23/h1-12,15-17H,13-14H2/b10-8+. The van der Waals surface area contributed by atoms with E-state index in [1.165, 1.54) is 0 Å². The summed E-state index contributed by atoms with van der Waals surface area (Å²) < 4.78 is 13.2. The van der Waals surface area contributed by atoms with Crippen molar-refractivity contribution in [3.05, 3.63) is 96.5 Å². The van der Waals surface area contributed by atoms with Crippen LogP contribution in [0.15, 0.2) is 85.3 Å². The number of benzene rings is 2. The lowest BCUT2D eigenvalue weighted by atomic mass is 10.1. The van der Waals surface area contributed by atoms with Gasteiger partial charge in [-0.2, -0.15) is 5.10 Å². The Morgan fingerprint density at radius 3 is 2.61 bits per heavy atom. The van der Waals surface area contributed by atoms with Crippen LogP contribution < -0.4 is 9.47 Å². The van der Waals surface area contributed by atoms with Gasteiger partial charge in [0.25, 0.3) is 0 Å². The van der Waals surface area contributed by atoms with E-state index >= 15 is 0 Å². The predicted octanol–water partition coefficient (Wildman–Crippen LogP) is 4.60. The van der Waals surface area contributed by atoms with Gasteiger partial charge in [0.2, 0.25) is 0 Å². The molecule has 0 amide bonds. The average molecular weight is 409 g/mol. The first kappa shape index (κ1) is 18.8. The molecule has 5 rings (SSSR count). The number of allylic oxidation sites excluding steroid dienone is 1. The Morgan fingerprint density at radius 1 is 0.968 bits per heavy atom. The maximum atomic E-state index is 12.5. The number of hydrogen-bond donors (Lipinski definition) is 0. The fourth-order valence-corrected chi connectivity index (χ4v) is 3.41. The van der Waals surface area contributed by atoms with Gasteiger partial charge in [-0.15, -0.1) is 0 Å². The molecule has 1 aliphatic heterocycles. The number of pyridine rings is 1. The molecule has 1 aliphatic rings. The minimum atomic E-state index is -0.117. The predicted molar refractivity (Wildman–Crippen MR) is 118 cm³/mol. The van der Waals surface area contributed by atoms with E-state index < -0.39 is 0 Å². The summed E-state index contributed by atoms with van der Waals surface area (Å²) in [7, 11) is 0. The minimum Gasteiger partial charge on any atom is -0.486 e. The maximum absolute atomic E-state index is 12.5. The highest BCUT2D eigenvalue weighted by atomic mass is 16.6. The van der Waals surface area contributed by atoms with Crippen molar-refractivity contribution in [2.24, 2.45) is 0 Å². The lowest BCUT2D eigenvalue weighted by molar-refractivity contribution is 0.104. The van der Waals surface area contributed by atoms with Crippen molar-refractivity contribution in [2.45, 2.75) is 0 Å². The summed E-state index contributed by atoms with van der Waals surface area (Å²) in [6.45, 7) is 1.06. The Bertz CT molecular complexity index is 1250. The number of aromatic nitrogens is 3. The highest BCUT2D eigenvalue weighted by Crippen LogP contribution is 2.35. The van der Waals surface area contributed by atoms with Crippen molar-refractivity contribution in [3.8, 4) is 28.4 Å². The molecular formula is C25H19N3O3. The van der Waals surface area contributed by atoms with E-state index in [-0.39, 0.29) is 5.78 Å². The van der Waals surface area contributed by atoms with Gasteiger partial charge in [-0.05, 0) is 54.6 Å². The molecule has 152 valence electrons. The van der Waals surface area contributed by atoms with Crippen LogP contribution in [0.25, 0.3) is 23.0 Å². The van der Waals surface area contributed by atoms with Crippen LogP contribution in [0.1, 0.15) is 15.9 Å². The number of fused-ring (bicyclic) bond motifs is 1. The van der Waals surface area contributed by atoms with Crippen LogP contribution in [-0.4, -0.2) is 33.8 Å². The number of ketones is 1. The van der Waals surface area contributed by atoms with Gasteiger partial charge in [-0.1, -0.05) is 18.2 Å². The third-order valence-electron chi connectivity index (χ3n) is 4.94. The normalized spacial score (nSPS) is 12.8. The topological polar surface area (TPSA) is 66.2 Å². The van der Waals surface area contributed by atoms with E-state index in [4.69, 9.17) is 14.6 Å². The molecule has 0 fully saturated rings. The van der Waals surface area contributed by atoms with Gasteiger partial charge in [-0.3, -0.25) is 9.78 Å². The summed E-state index contributed by atoms with van der Waals surface area (Å²) in [5.74, 6) is 1.30. The average Bonchev–Trinajstić information content (AvgIpc) is 3.27. The van der Waals surface area contributed by atoms with Crippen LogP contribution >= 0.6 is 0 Å². The monoisotopic (exact) mass is 409 g/mol. The van der Waals surface area contributed by atoms with Crippen molar-refractivity contribution < 1.29 is 14.3 Å². The van der Waals surface area contributed by atoms with Gasteiger partial charge in [0.05, 0.1) is 5.69 Å². The smallest absolute Gasteiger partial charge is 0.187 e. The third-order valence-corrected chi connectivity index (χ3v) is 4.94. The summed E-state index contributed by atoms with van der Waals surface area (Å²) >= 11 is 0. The molecule has 4 aromatic rings. The van der Waals surface area contributed by atoms with Crippen LogP contribution in [0.3, 0.4) is 0 Å². The molecular weight excluding hydrogens is 390 g/mol. The molecule has 0 unspecified atom stereocenters. The second-order valence-corrected chi connectivity index (χ2v) is 7.01. The zero-order valence-corrected chi connectivity index (χ0v) is 16.6. The van der Waals surface area contributed by atoms with E-state index in [2.05, 4.69) is 4.98 Å². The molecule has 0 bridgehead atoms. The summed E-state index contributed by atoms with van der Waals surface area (Å²) in [5, 5.41) is 4.80. The zero-order chi connectivity index (χ0) is 21.0. The van der Waals surface area contributed by atoms with E-state index in [9.17, 15) is 4.79 Å². The van der Waals surface area contributed by atoms with Crippen molar-refractivity contribution in [3.63, 3.8) is 0 Å². The number of ether oxygens (including phenoxy) is 2. The molecule has 0 aliphatic carbocycles. The first-order valence-electron chi connectivity index (χ1n) is 9.95. The molecule has 6 nitrogen and oxygen atoms in total. The summed E-state index contributed by atoms with van der Waals surface area (Å²) in [4.78, 5) is 16.6. The van der Waals surface area contributed by atoms with E-state index in [0.717, 1.165) is 28.3 Å². The largest absolute Gasteiger partial charge is 0.486 e. The van der Waals surface area contributed by atoms with Gasteiger partial charge < -0.3 is 9.47 Å². The highest BCUT2D eigenvalue weighted by Gasteiger charge is 2.16. The van der Waals surface area contributed by atoms with Gasteiger partial charge in [0.1, 0.15) is 18.9 Å². The first-order chi connectivity index (χ1) is 15.3. The zero-order valence-electron chi connectivity index (χ0n) is 16.6. The molecule has 2 aromatic heterocycles. The maximum Gasteiger partial charge on any atom is 0.187 e. The van der Waals surface area contributed by atoms with Gasteiger partial charge in [0.15, 0.2) is 17.3 Å². The molecule has 6 heteroatoms. The number of hydrogen-bond acceptors (Lipinski definition) is 5. The number of carbonyl (C=O) groups excluding carboxylic acids is 1. The van der Waals surface area contributed by atoms with Crippen LogP contribution in [0.2, 0.25) is 0 Å². The molecule has 0 N–H and O–H groups in total. The SMILES string of the molecule is O=C(/C=C/c1cn(-c2ccccc2)nc1-c1ccc2c(c1)OCCO2)c1cccnc1. The summed E-state index contributed by atoms with van der Waals surface area (Å²) in [5.41, 5.74) is 3.91. The fraction of sp³-hybridized carbons (Fsp3) is 0.0800. The van der Waals surface area contributed by atoms with Crippen molar-refractivity contribution in [1.82, 2.24) is 14.8 Å². The Hall–Kier alpha value is -4.19. The summed E-state index contributed by atoms with van der Waals surface area (Å²) in [6, 6.07) is 19.1. The van der Waals surface area contributed by atoms with Crippen molar-refractivity contribution in [1.29, 1.82) is 0 Å². The van der Waals surface area contributed by atoms with Gasteiger partial charge >= 0.3 is 0 Å². The van der Waals surface area contributed by atoms with E-state index in [0.29, 0.717) is 24.5 Å². The Morgan fingerprint density at radius 2 is 1.81 bits per heavy atom. The Labute approximate surface area is 179 Å². The van der Waals surface area contributed by atoms with Gasteiger partial charge in [-0.25, -0.2) is 4.68 Å². The van der Waals surface area contributed by atoms with Crippen LogP contribution in [0.5, 0.6) is 11.5 Å². The number of nitrogens with zero attached hydrogens (tertiary/aromatic N) is 3. The number of para-hydroxylation sites is 1. The molecule has 31 heavy (non-hydrogen) atoms. The molecule has 3 heterocycles. The minimum absolute atomic E-state index is 0.117. The lowest BCUT2D eigenvalue weighted by Gasteiger charge is -2.18. The highest BCUT2D eigenvalue weighted by molar-refractivity contribution is 6.06. The second-order valence-electron chi connectivity index (χ2n) is 7.01. The van der Waals surface area contributed by atoms with Gasteiger partial charge in [0, 0.05) is 35.3 Å². The van der Waals surface area contributed by atoms with Crippen LogP contribution in [0, 0.1) is 0 Å². The molecule has 2 aromatic carbocycles.